The molecule has 0 aliphatic carbocycles. The fourth-order valence-electron chi connectivity index (χ4n) is 3.16. The average molecular weight is 398 g/mol. The molecule has 0 unspecified atom stereocenters. The van der Waals surface area contributed by atoms with Crippen LogP contribution in [0.25, 0.3) is 11.0 Å². The molecule has 0 radical (unpaired) electrons. The summed E-state index contributed by atoms with van der Waals surface area (Å²) in [6, 6.07) is 7.31. The maximum atomic E-state index is 12.1. The number of carbonyl (C=O) groups is 1. The first kappa shape index (κ1) is 18.9. The van der Waals surface area contributed by atoms with Crippen LogP contribution >= 0.6 is 0 Å². The summed E-state index contributed by atoms with van der Waals surface area (Å²) in [6.07, 6.45) is 0. The van der Waals surface area contributed by atoms with Gasteiger partial charge in [-0.2, -0.15) is 0 Å². The molecule has 3 heterocycles. The van der Waals surface area contributed by atoms with Gasteiger partial charge in [-0.25, -0.2) is 9.67 Å². The summed E-state index contributed by atoms with van der Waals surface area (Å²) in [5.41, 5.74) is 2.65. The summed E-state index contributed by atoms with van der Waals surface area (Å²) in [7, 11) is 1.80. The van der Waals surface area contributed by atoms with Crippen LogP contribution in [0.5, 0.6) is 23.1 Å². The zero-order valence-corrected chi connectivity index (χ0v) is 16.5. The van der Waals surface area contributed by atoms with Crippen molar-refractivity contribution in [2.75, 3.05) is 26.6 Å². The van der Waals surface area contributed by atoms with Crippen LogP contribution in [-0.2, 0) is 11.8 Å². The lowest BCUT2D eigenvalue weighted by Crippen LogP contribution is -2.32. The molecule has 0 saturated heterocycles. The zero-order chi connectivity index (χ0) is 20.4. The molecule has 9 nitrogen and oxygen atoms in total. The third-order valence-electron chi connectivity index (χ3n) is 4.46. The lowest BCUT2D eigenvalue weighted by atomic mass is 10.2. The van der Waals surface area contributed by atoms with Gasteiger partial charge in [0.15, 0.2) is 23.8 Å². The highest BCUT2D eigenvalue weighted by Gasteiger charge is 2.16. The number of carbonyl (C=O) groups excluding carboxylic acids is 1. The van der Waals surface area contributed by atoms with Gasteiger partial charge in [0, 0.05) is 18.8 Å². The van der Waals surface area contributed by atoms with Gasteiger partial charge >= 0.3 is 0 Å². The monoisotopic (exact) mass is 398 g/mol. The molecule has 0 spiro atoms. The lowest BCUT2D eigenvalue weighted by Gasteiger charge is -2.09. The van der Waals surface area contributed by atoms with Crippen molar-refractivity contribution in [2.24, 2.45) is 7.05 Å². The highest BCUT2D eigenvalue weighted by Crippen LogP contribution is 2.35. The first-order valence-corrected chi connectivity index (χ1v) is 9.24. The minimum absolute atomic E-state index is 0.135. The number of hydrogen-bond acceptors (Lipinski definition) is 7. The van der Waals surface area contributed by atoms with Crippen LogP contribution in [0.3, 0.4) is 0 Å². The molecular formula is C20H22N4O5. The van der Waals surface area contributed by atoms with Crippen molar-refractivity contribution < 1.29 is 23.7 Å². The Morgan fingerprint density at radius 3 is 2.90 bits per heavy atom. The second-order valence-corrected chi connectivity index (χ2v) is 6.71. The predicted octanol–water partition coefficient (Wildman–Crippen LogP) is 1.89. The van der Waals surface area contributed by atoms with Crippen molar-refractivity contribution in [3.05, 3.63) is 35.5 Å². The highest BCUT2D eigenvalue weighted by molar-refractivity contribution is 5.85. The Kier molecular flexibility index (Phi) is 5.11. The van der Waals surface area contributed by atoms with Gasteiger partial charge in [0.25, 0.3) is 5.91 Å². The molecule has 4 rings (SSSR count). The molecule has 0 fully saturated rings. The van der Waals surface area contributed by atoms with Crippen molar-refractivity contribution in [3.8, 4) is 23.1 Å². The number of fused-ring (bicyclic) bond motifs is 2. The zero-order valence-electron chi connectivity index (χ0n) is 16.5. The molecule has 0 atom stereocenters. The quantitative estimate of drug-likeness (QED) is 0.607. The molecule has 1 aliphatic heterocycles. The Morgan fingerprint density at radius 1 is 1.21 bits per heavy atom. The molecule has 0 saturated carbocycles. The number of aryl methyl sites for hydroxylation is 3. The number of benzene rings is 1. The normalized spacial score (nSPS) is 12.2. The largest absolute Gasteiger partial charge is 0.492 e. The number of aromatic nitrogens is 3. The van der Waals surface area contributed by atoms with E-state index in [-0.39, 0.29) is 19.3 Å². The van der Waals surface area contributed by atoms with Gasteiger partial charge in [-0.05, 0) is 37.6 Å². The third kappa shape index (κ3) is 4.03. The van der Waals surface area contributed by atoms with Gasteiger partial charge in [0.1, 0.15) is 12.4 Å². The number of rotatable bonds is 7. The second-order valence-electron chi connectivity index (χ2n) is 6.71. The second kappa shape index (κ2) is 7.86. The Balaban J connectivity index is 1.26. The molecule has 1 N–H and O–H groups in total. The molecule has 29 heavy (non-hydrogen) atoms. The van der Waals surface area contributed by atoms with E-state index in [1.54, 1.807) is 29.9 Å². The van der Waals surface area contributed by atoms with E-state index in [1.807, 2.05) is 19.9 Å². The highest BCUT2D eigenvalue weighted by atomic mass is 16.7. The molecule has 9 heteroatoms. The minimum Gasteiger partial charge on any atom is -0.492 e. The van der Waals surface area contributed by atoms with Crippen LogP contribution in [0.15, 0.2) is 24.3 Å². The van der Waals surface area contributed by atoms with Crippen LogP contribution in [-0.4, -0.2) is 47.2 Å². The van der Waals surface area contributed by atoms with Crippen LogP contribution in [0.4, 0.5) is 0 Å². The number of amides is 1. The first-order chi connectivity index (χ1) is 14.0. The molecule has 3 aromatic rings. The van der Waals surface area contributed by atoms with E-state index in [0.29, 0.717) is 36.3 Å². The fraction of sp³-hybridized carbons (Fsp3) is 0.350. The lowest BCUT2D eigenvalue weighted by molar-refractivity contribution is -0.123. The van der Waals surface area contributed by atoms with Crippen LogP contribution in [0.1, 0.15) is 11.3 Å². The Morgan fingerprint density at radius 2 is 2.03 bits per heavy atom. The molecule has 2 aromatic heterocycles. The predicted molar refractivity (Wildman–Crippen MR) is 105 cm³/mol. The minimum atomic E-state index is -0.254. The summed E-state index contributed by atoms with van der Waals surface area (Å²) >= 11 is 0. The van der Waals surface area contributed by atoms with E-state index in [0.717, 1.165) is 22.3 Å². The van der Waals surface area contributed by atoms with E-state index >= 15 is 0 Å². The summed E-state index contributed by atoms with van der Waals surface area (Å²) in [5.74, 6) is 2.15. The Labute approximate surface area is 167 Å². The Bertz CT molecular complexity index is 1060. The Hall–Kier alpha value is -3.49. The van der Waals surface area contributed by atoms with E-state index in [9.17, 15) is 4.79 Å². The van der Waals surface area contributed by atoms with Gasteiger partial charge < -0.3 is 24.3 Å². The maximum Gasteiger partial charge on any atom is 0.258 e. The van der Waals surface area contributed by atoms with Gasteiger partial charge in [0.2, 0.25) is 12.7 Å². The summed E-state index contributed by atoms with van der Waals surface area (Å²) in [5, 5.41) is 7.91. The van der Waals surface area contributed by atoms with Crippen LogP contribution in [0, 0.1) is 13.8 Å². The van der Waals surface area contributed by atoms with Gasteiger partial charge in [-0.3, -0.25) is 4.79 Å². The number of hydrogen-bond donors (Lipinski definition) is 1. The van der Waals surface area contributed by atoms with Gasteiger partial charge in [-0.1, -0.05) is 0 Å². The average Bonchev–Trinajstić information content (AvgIpc) is 3.27. The van der Waals surface area contributed by atoms with Crippen molar-refractivity contribution in [1.82, 2.24) is 20.1 Å². The van der Waals surface area contributed by atoms with E-state index in [1.165, 1.54) is 0 Å². The van der Waals surface area contributed by atoms with E-state index < -0.39 is 0 Å². The molecule has 1 aromatic carbocycles. The number of nitrogens with one attached hydrogen (secondary N) is 1. The molecule has 1 aliphatic rings. The molecular weight excluding hydrogens is 376 g/mol. The molecule has 0 bridgehead atoms. The van der Waals surface area contributed by atoms with Gasteiger partial charge in [-0.15, -0.1) is 5.10 Å². The number of ether oxygens (including phenoxy) is 4. The van der Waals surface area contributed by atoms with Gasteiger partial charge in [0.05, 0.1) is 11.9 Å². The van der Waals surface area contributed by atoms with E-state index in [2.05, 4.69) is 15.4 Å². The fourth-order valence-corrected chi connectivity index (χ4v) is 3.16. The van der Waals surface area contributed by atoms with Crippen molar-refractivity contribution in [3.63, 3.8) is 0 Å². The summed E-state index contributed by atoms with van der Waals surface area (Å²) in [6.45, 7) is 4.65. The topological polar surface area (TPSA) is 96.7 Å². The molecule has 152 valence electrons. The molecule has 1 amide bonds. The van der Waals surface area contributed by atoms with Crippen LogP contribution in [0.2, 0.25) is 0 Å². The summed E-state index contributed by atoms with van der Waals surface area (Å²) < 4.78 is 23.5. The number of nitrogens with zero attached hydrogens (tertiary/aromatic N) is 3. The van der Waals surface area contributed by atoms with Crippen molar-refractivity contribution in [1.29, 1.82) is 0 Å². The van der Waals surface area contributed by atoms with Crippen LogP contribution < -0.4 is 24.3 Å². The summed E-state index contributed by atoms with van der Waals surface area (Å²) in [4.78, 5) is 16.6. The van der Waals surface area contributed by atoms with Crippen molar-refractivity contribution in [2.45, 2.75) is 13.8 Å². The number of pyridine rings is 1. The SMILES string of the molecule is Cc1cc(C)c2c(OCC(=O)NCCOc3ccc4c(c3)OCO4)nn(C)c2n1. The third-order valence-corrected chi connectivity index (χ3v) is 4.46. The smallest absolute Gasteiger partial charge is 0.258 e. The first-order valence-electron chi connectivity index (χ1n) is 9.24. The van der Waals surface area contributed by atoms with Crippen molar-refractivity contribution >= 4 is 16.9 Å². The van der Waals surface area contributed by atoms with E-state index in [4.69, 9.17) is 18.9 Å². The maximum absolute atomic E-state index is 12.1. The standard InChI is InChI=1S/C20H22N4O5/c1-12-8-13(2)22-19-18(12)20(23-24(19)3)27-10-17(25)21-6-7-26-14-4-5-15-16(9-14)29-11-28-15/h4-5,8-9H,6-7,10-11H2,1-3H3,(H,21,25).